The van der Waals surface area contributed by atoms with Gasteiger partial charge < -0.3 is 10.6 Å². The summed E-state index contributed by atoms with van der Waals surface area (Å²) in [5, 5.41) is 0. The molecule has 2 aliphatic carbocycles. The molecule has 0 spiro atoms. The Morgan fingerprint density at radius 2 is 1.39 bits per heavy atom. The Labute approximate surface area is 113 Å². The number of hydrogen-bond acceptors (Lipinski definition) is 2. The van der Waals surface area contributed by atoms with E-state index in [-0.39, 0.29) is 0 Å². The van der Waals surface area contributed by atoms with E-state index >= 15 is 0 Å². The topological polar surface area (TPSA) is 29.3 Å². The SMILES string of the molecule is CCCC1CCC(N(C)C2CCC(N)CC2)CC1. The van der Waals surface area contributed by atoms with E-state index < -0.39 is 0 Å². The first-order valence-corrected chi connectivity index (χ1v) is 8.18. The molecule has 0 bridgehead atoms. The van der Waals surface area contributed by atoms with Crippen LogP contribution in [0.1, 0.15) is 71.1 Å². The minimum Gasteiger partial charge on any atom is -0.328 e. The van der Waals surface area contributed by atoms with Crippen molar-refractivity contribution >= 4 is 0 Å². The van der Waals surface area contributed by atoms with Gasteiger partial charge in [0.2, 0.25) is 0 Å². The minimum absolute atomic E-state index is 0.481. The van der Waals surface area contributed by atoms with Crippen LogP contribution in [-0.4, -0.2) is 30.1 Å². The largest absolute Gasteiger partial charge is 0.328 e. The van der Waals surface area contributed by atoms with Crippen molar-refractivity contribution in [3.8, 4) is 0 Å². The van der Waals surface area contributed by atoms with Crippen LogP contribution in [0.5, 0.6) is 0 Å². The maximum absolute atomic E-state index is 6.01. The van der Waals surface area contributed by atoms with Crippen molar-refractivity contribution in [1.29, 1.82) is 0 Å². The molecule has 2 saturated carbocycles. The summed E-state index contributed by atoms with van der Waals surface area (Å²) in [6, 6.07) is 2.16. The van der Waals surface area contributed by atoms with Gasteiger partial charge in [-0.2, -0.15) is 0 Å². The lowest BCUT2D eigenvalue weighted by Gasteiger charge is -2.41. The number of hydrogen-bond donors (Lipinski definition) is 1. The molecule has 0 aromatic carbocycles. The molecule has 0 aromatic heterocycles. The molecule has 2 N–H and O–H groups in total. The zero-order chi connectivity index (χ0) is 13.0. The van der Waals surface area contributed by atoms with E-state index in [1.807, 2.05) is 0 Å². The second-order valence-electron chi connectivity index (χ2n) is 6.70. The van der Waals surface area contributed by atoms with E-state index in [9.17, 15) is 0 Å². The lowest BCUT2D eigenvalue weighted by atomic mass is 9.81. The summed E-state index contributed by atoms with van der Waals surface area (Å²) in [6.45, 7) is 2.32. The highest BCUT2D eigenvalue weighted by Gasteiger charge is 2.29. The predicted octanol–water partition coefficient (Wildman–Crippen LogP) is 3.55. The molecular formula is C16H32N2. The van der Waals surface area contributed by atoms with Crippen molar-refractivity contribution in [2.24, 2.45) is 11.7 Å². The van der Waals surface area contributed by atoms with Crippen LogP contribution >= 0.6 is 0 Å². The molecule has 2 heteroatoms. The average Bonchev–Trinajstić information content (AvgIpc) is 2.40. The van der Waals surface area contributed by atoms with Gasteiger partial charge in [0.1, 0.15) is 0 Å². The van der Waals surface area contributed by atoms with Gasteiger partial charge in [0, 0.05) is 18.1 Å². The molecule has 0 radical (unpaired) electrons. The van der Waals surface area contributed by atoms with E-state index in [2.05, 4.69) is 18.9 Å². The fourth-order valence-corrected chi connectivity index (χ4v) is 4.06. The molecule has 0 unspecified atom stereocenters. The Morgan fingerprint density at radius 3 is 1.89 bits per heavy atom. The van der Waals surface area contributed by atoms with Crippen molar-refractivity contribution < 1.29 is 0 Å². The van der Waals surface area contributed by atoms with Crippen LogP contribution in [0.25, 0.3) is 0 Å². The zero-order valence-electron chi connectivity index (χ0n) is 12.4. The maximum Gasteiger partial charge on any atom is 0.00962 e. The van der Waals surface area contributed by atoms with Crippen molar-refractivity contribution in [3.05, 3.63) is 0 Å². The lowest BCUT2D eigenvalue weighted by Crippen LogP contribution is -2.45. The summed E-state index contributed by atoms with van der Waals surface area (Å²) < 4.78 is 0. The molecule has 2 nitrogen and oxygen atoms in total. The number of rotatable bonds is 4. The van der Waals surface area contributed by atoms with E-state index in [0.29, 0.717) is 6.04 Å². The Kier molecular flexibility index (Phi) is 5.50. The first-order chi connectivity index (χ1) is 8.70. The van der Waals surface area contributed by atoms with Gasteiger partial charge in [0.05, 0.1) is 0 Å². The third-order valence-electron chi connectivity index (χ3n) is 5.41. The van der Waals surface area contributed by atoms with Gasteiger partial charge in [0.25, 0.3) is 0 Å². The molecule has 2 fully saturated rings. The monoisotopic (exact) mass is 252 g/mol. The van der Waals surface area contributed by atoms with Gasteiger partial charge in [-0.25, -0.2) is 0 Å². The quantitative estimate of drug-likeness (QED) is 0.829. The van der Waals surface area contributed by atoms with Crippen molar-refractivity contribution in [2.45, 2.75) is 89.3 Å². The molecule has 0 aliphatic heterocycles. The van der Waals surface area contributed by atoms with Crippen molar-refractivity contribution in [3.63, 3.8) is 0 Å². The molecule has 18 heavy (non-hydrogen) atoms. The molecule has 2 rings (SSSR count). The van der Waals surface area contributed by atoms with Gasteiger partial charge in [0.15, 0.2) is 0 Å². The summed E-state index contributed by atoms with van der Waals surface area (Å²) in [5.74, 6) is 1.03. The normalized spacial score (nSPS) is 38.0. The molecule has 0 aromatic rings. The van der Waals surface area contributed by atoms with Crippen LogP contribution in [0.3, 0.4) is 0 Å². The van der Waals surface area contributed by atoms with Crippen LogP contribution < -0.4 is 5.73 Å². The molecule has 0 atom stereocenters. The molecular weight excluding hydrogens is 220 g/mol. The molecule has 0 amide bonds. The van der Waals surface area contributed by atoms with Crippen molar-refractivity contribution in [1.82, 2.24) is 4.90 Å². The Balaban J connectivity index is 1.75. The first-order valence-electron chi connectivity index (χ1n) is 8.18. The Morgan fingerprint density at radius 1 is 0.889 bits per heavy atom. The molecule has 0 saturated heterocycles. The highest BCUT2D eigenvalue weighted by molar-refractivity contribution is 4.85. The highest BCUT2D eigenvalue weighted by atomic mass is 15.2. The summed E-state index contributed by atoms with van der Waals surface area (Å²) in [4.78, 5) is 2.70. The molecule has 106 valence electrons. The molecule has 2 aliphatic rings. The third-order valence-corrected chi connectivity index (χ3v) is 5.41. The van der Waals surface area contributed by atoms with Gasteiger partial charge in [-0.1, -0.05) is 19.8 Å². The van der Waals surface area contributed by atoms with Crippen LogP contribution in [-0.2, 0) is 0 Å². The number of nitrogens with two attached hydrogens (primary N) is 1. The smallest absolute Gasteiger partial charge is 0.00962 e. The second-order valence-corrected chi connectivity index (χ2v) is 6.70. The van der Waals surface area contributed by atoms with Gasteiger partial charge in [-0.3, -0.25) is 0 Å². The summed E-state index contributed by atoms with van der Waals surface area (Å²) >= 11 is 0. The minimum atomic E-state index is 0.481. The maximum atomic E-state index is 6.01. The number of nitrogens with zero attached hydrogens (tertiary/aromatic N) is 1. The van der Waals surface area contributed by atoms with Crippen LogP contribution in [0.15, 0.2) is 0 Å². The second kappa shape index (κ2) is 6.91. The summed E-state index contributed by atoms with van der Waals surface area (Å²) in [6.07, 6.45) is 13.7. The zero-order valence-corrected chi connectivity index (χ0v) is 12.4. The van der Waals surface area contributed by atoms with Gasteiger partial charge >= 0.3 is 0 Å². The van der Waals surface area contributed by atoms with Crippen LogP contribution in [0, 0.1) is 5.92 Å². The van der Waals surface area contributed by atoms with E-state index in [4.69, 9.17) is 5.73 Å². The fraction of sp³-hybridized carbons (Fsp3) is 1.00. The standard InChI is InChI=1S/C16H32N2/c1-3-4-13-5-9-15(10-6-13)18(2)16-11-7-14(17)8-12-16/h13-16H,3-12,17H2,1-2H3. The third kappa shape index (κ3) is 3.71. The molecule has 0 heterocycles. The van der Waals surface area contributed by atoms with Gasteiger partial charge in [-0.05, 0) is 64.3 Å². The van der Waals surface area contributed by atoms with Crippen molar-refractivity contribution in [2.75, 3.05) is 7.05 Å². The van der Waals surface area contributed by atoms with Crippen LogP contribution in [0.4, 0.5) is 0 Å². The van der Waals surface area contributed by atoms with Gasteiger partial charge in [-0.15, -0.1) is 0 Å². The summed E-state index contributed by atoms with van der Waals surface area (Å²) in [7, 11) is 2.37. The summed E-state index contributed by atoms with van der Waals surface area (Å²) in [5.41, 5.74) is 6.01. The van der Waals surface area contributed by atoms with E-state index in [1.165, 1.54) is 64.2 Å². The average molecular weight is 252 g/mol. The Hall–Kier alpha value is -0.0800. The fourth-order valence-electron chi connectivity index (χ4n) is 4.06. The van der Waals surface area contributed by atoms with E-state index in [1.54, 1.807) is 0 Å². The first kappa shape index (κ1) is 14.3. The Bertz CT molecular complexity index is 225. The predicted molar refractivity (Wildman–Crippen MR) is 78.6 cm³/mol. The lowest BCUT2D eigenvalue weighted by molar-refractivity contribution is 0.0929. The van der Waals surface area contributed by atoms with E-state index in [0.717, 1.165) is 18.0 Å². The highest BCUT2D eigenvalue weighted by Crippen LogP contribution is 2.32. The van der Waals surface area contributed by atoms with Crippen LogP contribution in [0.2, 0.25) is 0 Å².